The molecular formula is C29H31CoN3O2. The smallest absolute Gasteiger partial charge is 0.238 e. The van der Waals surface area contributed by atoms with Crippen LogP contribution in [0.25, 0.3) is 0 Å². The largest absolute Gasteiger partial charge is 0.497 e. The van der Waals surface area contributed by atoms with Crippen LogP contribution < -0.4 is 9.64 Å². The van der Waals surface area contributed by atoms with Crippen molar-refractivity contribution in [2.24, 2.45) is 10.2 Å². The first-order chi connectivity index (χ1) is 16.5. The summed E-state index contributed by atoms with van der Waals surface area (Å²) in [5.41, 5.74) is 6.27. The van der Waals surface area contributed by atoms with Crippen molar-refractivity contribution in [3.63, 3.8) is 0 Å². The Morgan fingerprint density at radius 3 is 2.43 bits per heavy atom. The summed E-state index contributed by atoms with van der Waals surface area (Å²) >= 11 is 0. The molecule has 35 heavy (non-hydrogen) atoms. The van der Waals surface area contributed by atoms with Crippen molar-refractivity contribution in [2.75, 3.05) is 18.6 Å². The van der Waals surface area contributed by atoms with E-state index >= 15 is 0 Å². The minimum atomic E-state index is -0.282. The Kier molecular flexibility index (Phi) is 8.54. The van der Waals surface area contributed by atoms with Gasteiger partial charge in [0.05, 0.1) is 13.3 Å². The Morgan fingerprint density at radius 2 is 1.77 bits per heavy atom. The van der Waals surface area contributed by atoms with Crippen LogP contribution in [0, 0.1) is 6.92 Å². The molecule has 0 fully saturated rings. The first-order valence-corrected chi connectivity index (χ1v) is 11.5. The van der Waals surface area contributed by atoms with E-state index in [1.165, 1.54) is 16.8 Å². The number of anilines is 1. The predicted octanol–water partition coefficient (Wildman–Crippen LogP) is 6.22. The minimum absolute atomic E-state index is 0. The van der Waals surface area contributed by atoms with Crippen LogP contribution in [0.5, 0.6) is 5.75 Å². The average Bonchev–Trinajstić information content (AvgIpc) is 3.09. The molecule has 4 rings (SSSR count). The Morgan fingerprint density at radius 1 is 1.06 bits per heavy atom. The van der Waals surface area contributed by atoms with Crippen molar-refractivity contribution >= 4 is 17.8 Å². The first kappa shape index (κ1) is 26.3. The fourth-order valence-corrected chi connectivity index (χ4v) is 4.64. The molecule has 1 unspecified atom stereocenters. The van der Waals surface area contributed by atoms with E-state index in [1.54, 1.807) is 13.3 Å². The molecule has 6 heteroatoms. The van der Waals surface area contributed by atoms with Crippen LogP contribution >= 0.6 is 0 Å². The van der Waals surface area contributed by atoms with Gasteiger partial charge < -0.3 is 14.7 Å². The van der Waals surface area contributed by atoms with E-state index in [4.69, 9.17) is 4.74 Å². The van der Waals surface area contributed by atoms with Gasteiger partial charge in [0.15, 0.2) is 0 Å². The molecule has 1 radical (unpaired) electrons. The summed E-state index contributed by atoms with van der Waals surface area (Å²) in [7, 11) is 1.70. The van der Waals surface area contributed by atoms with Gasteiger partial charge in [-0.15, -0.1) is 5.10 Å². The number of methoxy groups -OCH3 is 1. The molecule has 1 atom stereocenters. The zero-order valence-corrected chi connectivity index (χ0v) is 21.6. The van der Waals surface area contributed by atoms with Crippen LogP contribution in [0.15, 0.2) is 94.8 Å². The van der Waals surface area contributed by atoms with E-state index in [9.17, 15) is 5.11 Å². The normalized spacial score (nSPS) is 18.6. The molecule has 183 valence electrons. The van der Waals surface area contributed by atoms with E-state index in [0.29, 0.717) is 5.56 Å². The van der Waals surface area contributed by atoms with Gasteiger partial charge in [0.25, 0.3) is 0 Å². The van der Waals surface area contributed by atoms with Gasteiger partial charge in [-0.1, -0.05) is 48.0 Å². The predicted molar refractivity (Wildman–Crippen MR) is 140 cm³/mol. The zero-order chi connectivity index (χ0) is 24.1. The number of allylic oxidation sites excluding steroid dienone is 2. The molecule has 0 aromatic heterocycles. The number of likely N-dealkylation sites (N-methyl/N-ethyl adjacent to an activating group) is 1. The molecule has 5 nitrogen and oxygen atoms in total. The second-order valence-corrected chi connectivity index (χ2v) is 8.73. The molecule has 0 bridgehead atoms. The van der Waals surface area contributed by atoms with Crippen LogP contribution in [-0.2, 0) is 28.6 Å². The summed E-state index contributed by atoms with van der Waals surface area (Å²) < 4.78 is 5.55. The number of hydrogen-bond donors (Lipinski definition) is 1. The van der Waals surface area contributed by atoms with E-state index in [0.717, 1.165) is 30.0 Å². The topological polar surface area (TPSA) is 57.4 Å². The standard InChI is InChI=1S/C29H31N3O2.Co/c1-5-32-26-16-15-24(34-4)19-25(26)29(3,20-22-9-7-6-8-10-22)27(32)17-18-30-31-28(33)23-13-11-21(2)12-14-23;/h6-19H,5,20H2,1-4H3,(H,31,33);/b27-17-,30-18+;. The van der Waals surface area contributed by atoms with Gasteiger partial charge in [-0.3, -0.25) is 0 Å². The minimum Gasteiger partial charge on any atom is -0.497 e. The van der Waals surface area contributed by atoms with Gasteiger partial charge in [-0.25, -0.2) is 0 Å². The zero-order valence-electron chi connectivity index (χ0n) is 20.5. The van der Waals surface area contributed by atoms with Crippen molar-refractivity contribution in [1.82, 2.24) is 0 Å². The third-order valence-electron chi connectivity index (χ3n) is 6.42. The van der Waals surface area contributed by atoms with Crippen molar-refractivity contribution < 1.29 is 26.6 Å². The Bertz CT molecular complexity index is 1240. The monoisotopic (exact) mass is 512 g/mol. The second-order valence-electron chi connectivity index (χ2n) is 8.73. The molecule has 3 aromatic rings. The molecule has 0 aliphatic carbocycles. The van der Waals surface area contributed by atoms with Crippen LogP contribution in [0.3, 0.4) is 0 Å². The summed E-state index contributed by atoms with van der Waals surface area (Å²) in [4.78, 5) is 2.31. The first-order valence-electron chi connectivity index (χ1n) is 11.5. The fourth-order valence-electron chi connectivity index (χ4n) is 4.64. The Hall–Kier alpha value is -3.35. The SMILES string of the molecule is CCN1/C(=C\C=N\N=C(O)c2ccc(C)cc2)C(C)(Cc2ccccc2)c2cc(OC)ccc21.[Co]. The van der Waals surface area contributed by atoms with Crippen LogP contribution in [0.2, 0.25) is 0 Å². The molecule has 1 heterocycles. The molecule has 1 N–H and O–H groups in total. The summed E-state index contributed by atoms with van der Waals surface area (Å²) in [6.07, 6.45) is 4.50. The average molecular weight is 513 g/mol. The number of nitrogens with zero attached hydrogens (tertiary/aromatic N) is 3. The van der Waals surface area contributed by atoms with Crippen LogP contribution in [0.4, 0.5) is 5.69 Å². The van der Waals surface area contributed by atoms with Crippen LogP contribution in [0.1, 0.15) is 36.1 Å². The number of aliphatic hydroxyl groups excluding tert-OH is 1. The van der Waals surface area contributed by atoms with Gasteiger partial charge in [-0.2, -0.15) is 5.10 Å². The van der Waals surface area contributed by atoms with Crippen molar-refractivity contribution in [1.29, 1.82) is 0 Å². The van der Waals surface area contributed by atoms with Gasteiger partial charge in [0.1, 0.15) is 5.75 Å². The number of aryl methyl sites for hydroxylation is 1. The van der Waals surface area contributed by atoms with E-state index in [2.05, 4.69) is 65.3 Å². The molecule has 0 amide bonds. The van der Waals surface area contributed by atoms with Crippen molar-refractivity contribution in [2.45, 2.75) is 32.6 Å². The fraction of sp³-hybridized carbons (Fsp3) is 0.241. The van der Waals surface area contributed by atoms with E-state index < -0.39 is 0 Å². The quantitative estimate of drug-likeness (QED) is 0.233. The maximum absolute atomic E-state index is 10.3. The van der Waals surface area contributed by atoms with Crippen LogP contribution in [-0.4, -0.2) is 30.9 Å². The molecule has 0 saturated carbocycles. The van der Waals surface area contributed by atoms with Gasteiger partial charge in [0.2, 0.25) is 5.90 Å². The second kappa shape index (κ2) is 11.4. The number of fused-ring (bicyclic) bond motifs is 1. The third kappa shape index (κ3) is 5.50. The molecule has 1 aliphatic rings. The number of benzene rings is 3. The van der Waals surface area contributed by atoms with E-state index in [1.807, 2.05) is 49.4 Å². The van der Waals surface area contributed by atoms with Gasteiger partial charge in [0, 0.05) is 45.7 Å². The molecule has 0 saturated heterocycles. The van der Waals surface area contributed by atoms with Crippen molar-refractivity contribution in [3.8, 4) is 5.75 Å². The molecule has 3 aromatic carbocycles. The van der Waals surface area contributed by atoms with Gasteiger partial charge >= 0.3 is 0 Å². The van der Waals surface area contributed by atoms with E-state index in [-0.39, 0.29) is 28.1 Å². The molecule has 1 aliphatic heterocycles. The summed E-state index contributed by atoms with van der Waals surface area (Å²) in [5.74, 6) is 0.741. The molecule has 0 spiro atoms. The summed E-state index contributed by atoms with van der Waals surface area (Å²) in [5, 5.41) is 18.4. The number of ether oxygens (including phenoxy) is 1. The maximum Gasteiger partial charge on any atom is 0.238 e. The summed E-state index contributed by atoms with van der Waals surface area (Å²) in [6, 6.07) is 24.3. The summed E-state index contributed by atoms with van der Waals surface area (Å²) in [6.45, 7) is 7.24. The molecular weight excluding hydrogens is 481 g/mol. The maximum atomic E-state index is 10.3. The number of aliphatic hydroxyl groups is 1. The number of rotatable bonds is 7. The van der Waals surface area contributed by atoms with Gasteiger partial charge in [-0.05, 0) is 74.7 Å². The third-order valence-corrected chi connectivity index (χ3v) is 6.42. The van der Waals surface area contributed by atoms with Crippen molar-refractivity contribution in [3.05, 3.63) is 107 Å². The Labute approximate surface area is 218 Å². The number of hydrogen-bond acceptors (Lipinski definition) is 4. The Balaban J connectivity index is 0.00000342.